The smallest absolute Gasteiger partial charge is 0.174 e. The van der Waals surface area contributed by atoms with Gasteiger partial charge in [0, 0.05) is 12.0 Å². The van der Waals surface area contributed by atoms with Gasteiger partial charge in [0.25, 0.3) is 0 Å². The van der Waals surface area contributed by atoms with Crippen LogP contribution in [0, 0.1) is 0 Å². The van der Waals surface area contributed by atoms with E-state index in [9.17, 15) is 0 Å². The molecule has 1 aromatic heterocycles. The molecule has 3 rings (SSSR count). The number of fused-ring (bicyclic) bond motifs is 1. The van der Waals surface area contributed by atoms with Crippen molar-refractivity contribution in [3.8, 4) is 5.75 Å². The molecule has 1 aromatic carbocycles. The average molecular weight is 336 g/mol. The lowest BCUT2D eigenvalue weighted by molar-refractivity contribution is 0.357. The molecular formula is C16H18BrNO2. The number of rotatable bonds is 5. The largest absolute Gasteiger partial charge is 0.493 e. The van der Waals surface area contributed by atoms with Crippen LogP contribution in [-0.4, -0.2) is 13.2 Å². The molecule has 106 valence electrons. The topological polar surface area (TPSA) is 34.4 Å². The van der Waals surface area contributed by atoms with Gasteiger partial charge in [-0.05, 0) is 52.2 Å². The van der Waals surface area contributed by atoms with E-state index in [2.05, 4.69) is 46.4 Å². The van der Waals surface area contributed by atoms with Gasteiger partial charge in [-0.3, -0.25) is 0 Å². The van der Waals surface area contributed by atoms with E-state index in [1.807, 2.05) is 6.07 Å². The predicted octanol–water partition coefficient (Wildman–Crippen LogP) is 4.07. The van der Waals surface area contributed by atoms with Crippen molar-refractivity contribution in [2.24, 2.45) is 0 Å². The SMILES string of the molecule is CCCNC(c1ccc2c(c1)CCO2)c1ccoc1Br. The van der Waals surface area contributed by atoms with E-state index in [1.165, 1.54) is 11.1 Å². The molecule has 0 amide bonds. The Kier molecular flexibility index (Phi) is 4.13. The molecular weight excluding hydrogens is 318 g/mol. The number of benzene rings is 1. The van der Waals surface area contributed by atoms with Crippen molar-refractivity contribution in [2.45, 2.75) is 25.8 Å². The first kappa shape index (κ1) is 13.7. The van der Waals surface area contributed by atoms with E-state index in [0.29, 0.717) is 0 Å². The molecule has 2 aromatic rings. The molecule has 1 N–H and O–H groups in total. The van der Waals surface area contributed by atoms with Crippen LogP contribution in [0.5, 0.6) is 5.75 Å². The van der Waals surface area contributed by atoms with E-state index < -0.39 is 0 Å². The van der Waals surface area contributed by atoms with Crippen LogP contribution < -0.4 is 10.1 Å². The van der Waals surface area contributed by atoms with Crippen LogP contribution >= 0.6 is 15.9 Å². The van der Waals surface area contributed by atoms with Gasteiger partial charge in [-0.1, -0.05) is 19.1 Å². The van der Waals surface area contributed by atoms with E-state index in [4.69, 9.17) is 9.15 Å². The van der Waals surface area contributed by atoms with Gasteiger partial charge in [0.15, 0.2) is 4.67 Å². The Bertz CT molecular complexity index is 594. The highest BCUT2D eigenvalue weighted by Crippen LogP contribution is 2.33. The minimum atomic E-state index is 0.147. The van der Waals surface area contributed by atoms with Crippen molar-refractivity contribution in [3.63, 3.8) is 0 Å². The highest BCUT2D eigenvalue weighted by Gasteiger charge is 2.21. The maximum atomic E-state index is 5.58. The molecule has 1 aliphatic heterocycles. The third-order valence-electron chi connectivity index (χ3n) is 3.60. The van der Waals surface area contributed by atoms with Crippen molar-refractivity contribution in [1.82, 2.24) is 5.32 Å². The van der Waals surface area contributed by atoms with Gasteiger partial charge in [0.2, 0.25) is 0 Å². The van der Waals surface area contributed by atoms with Gasteiger partial charge >= 0.3 is 0 Å². The molecule has 20 heavy (non-hydrogen) atoms. The second-order valence-corrected chi connectivity index (χ2v) is 5.72. The van der Waals surface area contributed by atoms with Crippen LogP contribution in [0.25, 0.3) is 0 Å². The summed E-state index contributed by atoms with van der Waals surface area (Å²) >= 11 is 3.49. The van der Waals surface area contributed by atoms with Crippen LogP contribution in [0.4, 0.5) is 0 Å². The van der Waals surface area contributed by atoms with Gasteiger partial charge in [-0.15, -0.1) is 0 Å². The Morgan fingerprint density at radius 2 is 2.25 bits per heavy atom. The molecule has 1 atom stereocenters. The Morgan fingerprint density at radius 3 is 3.00 bits per heavy atom. The summed E-state index contributed by atoms with van der Waals surface area (Å²) in [6, 6.07) is 8.62. The van der Waals surface area contributed by atoms with Crippen molar-refractivity contribution in [1.29, 1.82) is 0 Å². The lowest BCUT2D eigenvalue weighted by Crippen LogP contribution is -2.23. The number of ether oxygens (including phenoxy) is 1. The Morgan fingerprint density at radius 1 is 1.35 bits per heavy atom. The first-order valence-electron chi connectivity index (χ1n) is 7.01. The fraction of sp³-hybridized carbons (Fsp3) is 0.375. The van der Waals surface area contributed by atoms with Crippen LogP contribution in [0.1, 0.15) is 36.1 Å². The van der Waals surface area contributed by atoms with Gasteiger partial charge in [-0.25, -0.2) is 0 Å². The number of furan rings is 1. The van der Waals surface area contributed by atoms with Gasteiger partial charge in [0.1, 0.15) is 5.75 Å². The van der Waals surface area contributed by atoms with Gasteiger partial charge < -0.3 is 14.5 Å². The van der Waals surface area contributed by atoms with Crippen molar-refractivity contribution < 1.29 is 9.15 Å². The average Bonchev–Trinajstić information content (AvgIpc) is 3.08. The zero-order chi connectivity index (χ0) is 13.9. The highest BCUT2D eigenvalue weighted by atomic mass is 79.9. The summed E-state index contributed by atoms with van der Waals surface area (Å²) in [4.78, 5) is 0. The molecule has 0 radical (unpaired) electrons. The third kappa shape index (κ3) is 2.63. The standard InChI is InChI=1S/C16H18BrNO2/c1-2-7-18-15(13-6-9-20-16(13)17)12-3-4-14-11(10-12)5-8-19-14/h3-4,6,9-10,15,18H,2,5,7-8H2,1H3. The minimum Gasteiger partial charge on any atom is -0.493 e. The number of halogens is 1. The van der Waals surface area contributed by atoms with E-state index in [0.717, 1.165) is 42.0 Å². The monoisotopic (exact) mass is 335 g/mol. The van der Waals surface area contributed by atoms with E-state index >= 15 is 0 Å². The zero-order valence-electron chi connectivity index (χ0n) is 11.5. The number of hydrogen-bond acceptors (Lipinski definition) is 3. The van der Waals surface area contributed by atoms with Crippen molar-refractivity contribution in [3.05, 3.63) is 51.9 Å². The second-order valence-electron chi connectivity index (χ2n) is 5.00. The van der Waals surface area contributed by atoms with Gasteiger partial charge in [-0.2, -0.15) is 0 Å². The summed E-state index contributed by atoms with van der Waals surface area (Å²) in [6.07, 6.45) is 3.81. The zero-order valence-corrected chi connectivity index (χ0v) is 13.1. The molecule has 0 saturated carbocycles. The van der Waals surface area contributed by atoms with Crippen LogP contribution in [0.15, 0.2) is 39.6 Å². The number of nitrogens with one attached hydrogen (secondary N) is 1. The first-order valence-corrected chi connectivity index (χ1v) is 7.80. The second kappa shape index (κ2) is 6.02. The number of hydrogen-bond donors (Lipinski definition) is 1. The molecule has 4 heteroatoms. The summed E-state index contributed by atoms with van der Waals surface area (Å²) in [7, 11) is 0. The van der Waals surface area contributed by atoms with Crippen molar-refractivity contribution in [2.75, 3.05) is 13.2 Å². The molecule has 3 nitrogen and oxygen atoms in total. The Labute approximate surface area is 127 Å². The molecule has 1 aliphatic rings. The van der Waals surface area contributed by atoms with Crippen LogP contribution in [0.2, 0.25) is 0 Å². The molecule has 0 spiro atoms. The quantitative estimate of drug-likeness (QED) is 0.894. The maximum absolute atomic E-state index is 5.58. The van der Waals surface area contributed by atoms with E-state index in [-0.39, 0.29) is 6.04 Å². The Hall–Kier alpha value is -1.26. The molecule has 0 saturated heterocycles. The van der Waals surface area contributed by atoms with Gasteiger partial charge in [0.05, 0.1) is 18.9 Å². The normalized spacial score (nSPS) is 14.9. The summed E-state index contributed by atoms with van der Waals surface area (Å²) in [6.45, 7) is 3.93. The highest BCUT2D eigenvalue weighted by molar-refractivity contribution is 9.10. The molecule has 0 fully saturated rings. The lowest BCUT2D eigenvalue weighted by atomic mass is 9.98. The maximum Gasteiger partial charge on any atom is 0.174 e. The predicted molar refractivity (Wildman–Crippen MR) is 82.2 cm³/mol. The molecule has 2 heterocycles. The minimum absolute atomic E-state index is 0.147. The Balaban J connectivity index is 1.94. The lowest BCUT2D eigenvalue weighted by Gasteiger charge is -2.19. The first-order chi connectivity index (χ1) is 9.79. The summed E-state index contributed by atoms with van der Waals surface area (Å²) < 4.78 is 11.8. The third-order valence-corrected chi connectivity index (χ3v) is 4.25. The fourth-order valence-corrected chi connectivity index (χ4v) is 3.06. The van der Waals surface area contributed by atoms with Crippen LogP contribution in [0.3, 0.4) is 0 Å². The summed E-state index contributed by atoms with van der Waals surface area (Å²) in [5, 5.41) is 3.59. The van der Waals surface area contributed by atoms with Crippen molar-refractivity contribution >= 4 is 15.9 Å². The van der Waals surface area contributed by atoms with Crippen LogP contribution in [-0.2, 0) is 6.42 Å². The molecule has 0 aliphatic carbocycles. The summed E-state index contributed by atoms with van der Waals surface area (Å²) in [5.74, 6) is 1.02. The molecule has 1 unspecified atom stereocenters. The fourth-order valence-electron chi connectivity index (χ4n) is 2.59. The van der Waals surface area contributed by atoms with E-state index in [1.54, 1.807) is 6.26 Å². The molecule has 0 bridgehead atoms. The summed E-state index contributed by atoms with van der Waals surface area (Å²) in [5.41, 5.74) is 3.69.